The SMILES string of the molecule is CCOC(=O)N1CCC(c2cnc(Cn3ccc4cc(-n5cnnn5)cc(F)c43)c(F)c2)CC1. The normalized spacial score (nSPS) is 14.6. The van der Waals surface area contributed by atoms with Crippen LogP contribution in [0.1, 0.15) is 36.9 Å². The van der Waals surface area contributed by atoms with Crippen molar-refractivity contribution >= 4 is 17.0 Å². The number of nitrogens with zero attached hydrogens (tertiary/aromatic N) is 7. The van der Waals surface area contributed by atoms with E-state index in [9.17, 15) is 13.6 Å². The number of aromatic nitrogens is 6. The molecule has 0 atom stereocenters. The van der Waals surface area contributed by atoms with Gasteiger partial charge < -0.3 is 14.2 Å². The van der Waals surface area contributed by atoms with Crippen molar-refractivity contribution in [3.05, 3.63) is 65.9 Å². The summed E-state index contributed by atoms with van der Waals surface area (Å²) in [6, 6.07) is 6.37. The van der Waals surface area contributed by atoms with Crippen LogP contribution >= 0.6 is 0 Å². The number of hydrogen-bond donors (Lipinski definition) is 0. The Bertz CT molecular complexity index is 1310. The van der Waals surface area contributed by atoms with E-state index in [2.05, 4.69) is 20.5 Å². The van der Waals surface area contributed by atoms with Gasteiger partial charge in [0.15, 0.2) is 0 Å². The summed E-state index contributed by atoms with van der Waals surface area (Å²) in [7, 11) is 0. The van der Waals surface area contributed by atoms with Gasteiger partial charge in [-0.05, 0) is 59.9 Å². The number of hydrogen-bond acceptors (Lipinski definition) is 6. The monoisotopic (exact) mass is 467 g/mol. The minimum atomic E-state index is -0.460. The van der Waals surface area contributed by atoms with Crippen molar-refractivity contribution in [1.29, 1.82) is 0 Å². The molecule has 1 fully saturated rings. The van der Waals surface area contributed by atoms with Crippen molar-refractivity contribution in [3.63, 3.8) is 0 Å². The lowest BCUT2D eigenvalue weighted by molar-refractivity contribution is 0.0970. The van der Waals surface area contributed by atoms with E-state index >= 15 is 0 Å². The van der Waals surface area contributed by atoms with Gasteiger partial charge in [-0.2, -0.15) is 0 Å². The molecule has 1 aromatic carbocycles. The number of benzene rings is 1. The molecule has 1 amide bonds. The van der Waals surface area contributed by atoms with Crippen LogP contribution in [0.2, 0.25) is 0 Å². The Hall–Kier alpha value is -3.89. The molecule has 0 radical (unpaired) electrons. The first-order valence-electron chi connectivity index (χ1n) is 11.1. The zero-order valence-corrected chi connectivity index (χ0v) is 18.6. The summed E-state index contributed by atoms with van der Waals surface area (Å²) < 4.78 is 38.0. The second kappa shape index (κ2) is 9.16. The van der Waals surface area contributed by atoms with E-state index in [0.29, 0.717) is 36.3 Å². The van der Waals surface area contributed by atoms with Crippen LogP contribution in [0.5, 0.6) is 0 Å². The number of halogens is 2. The Kier molecular flexibility index (Phi) is 5.91. The largest absolute Gasteiger partial charge is 0.450 e. The van der Waals surface area contributed by atoms with Gasteiger partial charge in [-0.3, -0.25) is 4.98 Å². The molecule has 11 heteroatoms. The highest BCUT2D eigenvalue weighted by molar-refractivity contribution is 5.83. The molecule has 34 heavy (non-hydrogen) atoms. The fourth-order valence-corrected chi connectivity index (χ4v) is 4.42. The summed E-state index contributed by atoms with van der Waals surface area (Å²) in [4.78, 5) is 17.9. The molecule has 1 saturated heterocycles. The minimum Gasteiger partial charge on any atom is -0.450 e. The van der Waals surface area contributed by atoms with E-state index in [1.807, 2.05) is 0 Å². The summed E-state index contributed by atoms with van der Waals surface area (Å²) in [5.41, 5.74) is 1.89. The summed E-state index contributed by atoms with van der Waals surface area (Å²) in [6.07, 6.45) is 5.90. The third kappa shape index (κ3) is 4.20. The molecule has 0 N–H and O–H groups in total. The van der Waals surface area contributed by atoms with Crippen LogP contribution in [0.4, 0.5) is 13.6 Å². The molecule has 1 aliphatic rings. The number of ether oxygens (including phenoxy) is 1. The van der Waals surface area contributed by atoms with Gasteiger partial charge in [-0.25, -0.2) is 18.3 Å². The number of likely N-dealkylation sites (tertiary alicyclic amines) is 1. The second-order valence-electron chi connectivity index (χ2n) is 8.22. The molecule has 4 heterocycles. The third-order valence-electron chi connectivity index (χ3n) is 6.16. The van der Waals surface area contributed by atoms with Crippen molar-refractivity contribution in [3.8, 4) is 5.69 Å². The molecule has 4 aromatic rings. The molecule has 0 spiro atoms. The van der Waals surface area contributed by atoms with Crippen LogP contribution in [-0.2, 0) is 11.3 Å². The van der Waals surface area contributed by atoms with Gasteiger partial charge in [0.25, 0.3) is 0 Å². The zero-order chi connectivity index (χ0) is 23.7. The molecule has 176 valence electrons. The summed E-state index contributed by atoms with van der Waals surface area (Å²) >= 11 is 0. The lowest BCUT2D eigenvalue weighted by Gasteiger charge is -2.31. The number of pyridine rings is 1. The molecule has 0 bridgehead atoms. The highest BCUT2D eigenvalue weighted by atomic mass is 19.1. The molecule has 9 nitrogen and oxygen atoms in total. The number of fused-ring (bicyclic) bond motifs is 1. The third-order valence-corrected chi connectivity index (χ3v) is 6.16. The zero-order valence-electron chi connectivity index (χ0n) is 18.6. The molecule has 0 unspecified atom stereocenters. The highest BCUT2D eigenvalue weighted by Gasteiger charge is 2.25. The Morgan fingerprint density at radius 2 is 2.00 bits per heavy atom. The van der Waals surface area contributed by atoms with E-state index in [-0.39, 0.29) is 24.2 Å². The molecule has 0 saturated carbocycles. The maximum atomic E-state index is 15.0. The van der Waals surface area contributed by atoms with Crippen molar-refractivity contribution < 1.29 is 18.3 Å². The second-order valence-corrected chi connectivity index (χ2v) is 8.22. The van der Waals surface area contributed by atoms with Crippen LogP contribution in [-0.4, -0.2) is 60.4 Å². The van der Waals surface area contributed by atoms with Gasteiger partial charge in [-0.1, -0.05) is 0 Å². The van der Waals surface area contributed by atoms with Gasteiger partial charge in [0.2, 0.25) is 0 Å². The first kappa shape index (κ1) is 21.9. The molecule has 5 rings (SSSR count). The van der Waals surface area contributed by atoms with E-state index in [0.717, 1.165) is 18.4 Å². The van der Waals surface area contributed by atoms with Gasteiger partial charge in [0, 0.05) is 36.9 Å². The quantitative estimate of drug-likeness (QED) is 0.445. The van der Waals surface area contributed by atoms with Crippen molar-refractivity contribution in [2.75, 3.05) is 19.7 Å². The lowest BCUT2D eigenvalue weighted by atomic mass is 9.90. The summed E-state index contributed by atoms with van der Waals surface area (Å²) in [5, 5.41) is 11.6. The van der Waals surface area contributed by atoms with E-state index in [4.69, 9.17) is 4.74 Å². The van der Waals surface area contributed by atoms with E-state index in [1.165, 1.54) is 23.1 Å². The first-order chi connectivity index (χ1) is 16.5. The maximum Gasteiger partial charge on any atom is 0.409 e. The van der Waals surface area contributed by atoms with Crippen molar-refractivity contribution in [2.24, 2.45) is 0 Å². The summed E-state index contributed by atoms with van der Waals surface area (Å²) in [5.74, 6) is -0.771. The van der Waals surface area contributed by atoms with E-state index < -0.39 is 11.6 Å². The topological polar surface area (TPSA) is 91.0 Å². The predicted molar refractivity (Wildman–Crippen MR) is 118 cm³/mol. The number of rotatable bonds is 5. The van der Waals surface area contributed by atoms with Crippen LogP contribution in [0, 0.1) is 11.6 Å². The molecule has 0 aliphatic carbocycles. The van der Waals surface area contributed by atoms with Crippen molar-refractivity contribution in [2.45, 2.75) is 32.2 Å². The highest BCUT2D eigenvalue weighted by Crippen LogP contribution is 2.29. The number of amides is 1. The Labute approximate surface area is 193 Å². The van der Waals surface area contributed by atoms with Gasteiger partial charge in [0.05, 0.1) is 30.0 Å². The smallest absolute Gasteiger partial charge is 0.409 e. The fraction of sp³-hybridized carbons (Fsp3) is 0.348. The molecular weight excluding hydrogens is 444 g/mol. The van der Waals surface area contributed by atoms with Gasteiger partial charge in [0.1, 0.15) is 18.0 Å². The molecule has 1 aliphatic heterocycles. The van der Waals surface area contributed by atoms with Gasteiger partial charge >= 0.3 is 6.09 Å². The van der Waals surface area contributed by atoms with Crippen LogP contribution in [0.25, 0.3) is 16.6 Å². The van der Waals surface area contributed by atoms with Crippen molar-refractivity contribution in [1.82, 2.24) is 34.7 Å². The maximum absolute atomic E-state index is 15.0. The average molecular weight is 467 g/mol. The minimum absolute atomic E-state index is 0.0953. The first-order valence-corrected chi connectivity index (χ1v) is 11.1. The lowest BCUT2D eigenvalue weighted by Crippen LogP contribution is -2.38. The molecular formula is C23H23F2N7O2. The van der Waals surface area contributed by atoms with E-state index in [1.54, 1.807) is 40.9 Å². The van der Waals surface area contributed by atoms with Crippen LogP contribution in [0.3, 0.4) is 0 Å². The number of carbonyl (C=O) groups excluding carboxylic acids is 1. The molecule has 3 aromatic heterocycles. The number of carbonyl (C=O) groups is 1. The Morgan fingerprint density at radius 1 is 1.18 bits per heavy atom. The Morgan fingerprint density at radius 3 is 2.71 bits per heavy atom. The predicted octanol–water partition coefficient (Wildman–Crippen LogP) is 3.67. The summed E-state index contributed by atoms with van der Waals surface area (Å²) in [6.45, 7) is 3.34. The van der Waals surface area contributed by atoms with Gasteiger partial charge in [-0.15, -0.1) is 5.10 Å². The number of piperidine rings is 1. The van der Waals surface area contributed by atoms with Crippen LogP contribution < -0.4 is 0 Å². The number of tetrazole rings is 1. The Balaban J connectivity index is 1.32. The average Bonchev–Trinajstić information content (AvgIpc) is 3.51. The fourth-order valence-electron chi connectivity index (χ4n) is 4.42. The standard InChI is InChI=1S/C23H23F2N7O2/c1-2-34-23(33)30-6-3-15(4-7-30)17-10-19(24)21(26-12-17)13-31-8-5-16-9-18(11-20(25)22(16)31)32-14-27-28-29-32/h5,8-12,14-15H,2-4,6-7,13H2,1H3. The van der Waals surface area contributed by atoms with Crippen LogP contribution in [0.15, 0.2) is 43.0 Å².